The molecule has 6 heteroatoms. The van der Waals surface area contributed by atoms with E-state index in [1.165, 1.54) is 4.88 Å². The molecule has 3 heterocycles. The van der Waals surface area contributed by atoms with Gasteiger partial charge in [0, 0.05) is 41.8 Å². The van der Waals surface area contributed by atoms with E-state index >= 15 is 0 Å². The summed E-state index contributed by atoms with van der Waals surface area (Å²) in [5, 5.41) is 5.25. The van der Waals surface area contributed by atoms with Gasteiger partial charge in [-0.05, 0) is 43.2 Å². The molecule has 2 aliphatic rings. The van der Waals surface area contributed by atoms with E-state index in [0.717, 1.165) is 43.5 Å². The molecular weight excluding hydrogens is 384 g/mol. The Bertz CT molecular complexity index is 867. The predicted octanol–water partition coefficient (Wildman–Crippen LogP) is 4.09. The van der Waals surface area contributed by atoms with Crippen LogP contribution in [0.5, 0.6) is 5.75 Å². The summed E-state index contributed by atoms with van der Waals surface area (Å²) in [4.78, 5) is 28.4. The monoisotopic (exact) mass is 412 g/mol. The lowest BCUT2D eigenvalue weighted by Crippen LogP contribution is -2.44. The van der Waals surface area contributed by atoms with Crippen molar-refractivity contribution in [2.75, 3.05) is 13.7 Å². The number of para-hydroxylation sites is 1. The third-order valence-corrected chi connectivity index (χ3v) is 7.09. The second-order valence-corrected chi connectivity index (χ2v) is 9.10. The number of likely N-dealkylation sites (tertiary alicyclic amines) is 1. The number of thiophene rings is 1. The number of methoxy groups -OCH3 is 1. The van der Waals surface area contributed by atoms with Crippen LogP contribution < -0.4 is 10.1 Å². The summed E-state index contributed by atoms with van der Waals surface area (Å²) >= 11 is 1.71. The second kappa shape index (κ2) is 8.57. The van der Waals surface area contributed by atoms with Crippen LogP contribution >= 0.6 is 11.3 Å². The lowest BCUT2D eigenvalue weighted by atomic mass is 9.87. The summed E-state index contributed by atoms with van der Waals surface area (Å²) in [6.45, 7) is 0.784. The summed E-state index contributed by atoms with van der Waals surface area (Å²) in [5.74, 6) is 1.11. The third kappa shape index (κ3) is 4.32. The van der Waals surface area contributed by atoms with E-state index in [0.29, 0.717) is 19.3 Å². The van der Waals surface area contributed by atoms with Crippen LogP contribution in [-0.4, -0.2) is 35.9 Å². The van der Waals surface area contributed by atoms with Crippen LogP contribution in [0, 0.1) is 0 Å². The first-order chi connectivity index (χ1) is 14.1. The zero-order chi connectivity index (χ0) is 20.3. The van der Waals surface area contributed by atoms with Crippen molar-refractivity contribution in [1.82, 2.24) is 10.2 Å². The fourth-order valence-corrected chi connectivity index (χ4v) is 5.60. The van der Waals surface area contributed by atoms with Gasteiger partial charge in [-0.1, -0.05) is 24.3 Å². The van der Waals surface area contributed by atoms with Crippen LogP contribution in [0.25, 0.3) is 0 Å². The zero-order valence-corrected chi connectivity index (χ0v) is 17.7. The molecule has 2 atom stereocenters. The Kier molecular flexibility index (Phi) is 5.90. The van der Waals surface area contributed by atoms with E-state index in [2.05, 4.69) is 22.8 Å². The number of carbonyl (C=O) groups is 2. The van der Waals surface area contributed by atoms with Crippen LogP contribution in [0.2, 0.25) is 0 Å². The van der Waals surface area contributed by atoms with Gasteiger partial charge in [-0.2, -0.15) is 0 Å². The molecule has 2 saturated heterocycles. The first-order valence-electron chi connectivity index (χ1n) is 10.4. The summed E-state index contributed by atoms with van der Waals surface area (Å²) in [7, 11) is 1.68. The lowest BCUT2D eigenvalue weighted by molar-refractivity contribution is -0.132. The minimum absolute atomic E-state index is 0.0741. The Morgan fingerprint density at radius 3 is 2.90 bits per heavy atom. The second-order valence-electron chi connectivity index (χ2n) is 8.07. The minimum atomic E-state index is -0.294. The molecule has 0 saturated carbocycles. The van der Waals surface area contributed by atoms with Crippen molar-refractivity contribution in [2.24, 2.45) is 0 Å². The molecule has 5 nitrogen and oxygen atoms in total. The van der Waals surface area contributed by atoms with E-state index < -0.39 is 0 Å². The molecule has 2 aromatic rings. The highest BCUT2D eigenvalue weighted by atomic mass is 32.1. The summed E-state index contributed by atoms with van der Waals surface area (Å²) in [6, 6.07) is 12.2. The SMILES string of the molecule is COc1ccccc1C1CCCN1C(=O)CCC1(Cc2cccs2)CCC(=O)N1. The van der Waals surface area contributed by atoms with Gasteiger partial charge < -0.3 is 15.0 Å². The lowest BCUT2D eigenvalue weighted by Gasteiger charge is -2.31. The van der Waals surface area contributed by atoms with Crippen LogP contribution in [0.1, 0.15) is 55.0 Å². The van der Waals surface area contributed by atoms with E-state index in [-0.39, 0.29) is 23.4 Å². The molecular formula is C23H28N2O3S. The highest BCUT2D eigenvalue weighted by Crippen LogP contribution is 2.38. The van der Waals surface area contributed by atoms with E-state index in [4.69, 9.17) is 4.74 Å². The Balaban J connectivity index is 1.45. The molecule has 0 radical (unpaired) electrons. The Morgan fingerprint density at radius 2 is 2.17 bits per heavy atom. The van der Waals surface area contributed by atoms with Crippen molar-refractivity contribution in [3.63, 3.8) is 0 Å². The average Bonchev–Trinajstić information content (AvgIpc) is 3.48. The number of carbonyl (C=O) groups excluding carboxylic acids is 2. The predicted molar refractivity (Wildman–Crippen MR) is 114 cm³/mol. The minimum Gasteiger partial charge on any atom is -0.496 e. The number of rotatable bonds is 7. The van der Waals surface area contributed by atoms with Crippen LogP contribution in [0.3, 0.4) is 0 Å². The van der Waals surface area contributed by atoms with E-state index in [1.807, 2.05) is 29.2 Å². The van der Waals surface area contributed by atoms with Crippen molar-refractivity contribution in [3.05, 3.63) is 52.2 Å². The summed E-state index contributed by atoms with van der Waals surface area (Å²) in [6.07, 6.45) is 5.26. The number of nitrogens with one attached hydrogen (secondary N) is 1. The molecule has 2 amide bonds. The summed E-state index contributed by atoms with van der Waals surface area (Å²) < 4.78 is 5.53. The van der Waals surface area contributed by atoms with Gasteiger partial charge in [0.2, 0.25) is 11.8 Å². The highest BCUT2D eigenvalue weighted by molar-refractivity contribution is 7.09. The molecule has 1 aromatic carbocycles. The molecule has 0 bridgehead atoms. The van der Waals surface area contributed by atoms with E-state index in [9.17, 15) is 9.59 Å². The van der Waals surface area contributed by atoms with Gasteiger partial charge in [0.1, 0.15) is 5.75 Å². The van der Waals surface area contributed by atoms with Gasteiger partial charge in [-0.15, -0.1) is 11.3 Å². The molecule has 2 fully saturated rings. The quantitative estimate of drug-likeness (QED) is 0.745. The summed E-state index contributed by atoms with van der Waals surface area (Å²) in [5.41, 5.74) is 0.792. The van der Waals surface area contributed by atoms with Crippen molar-refractivity contribution in [3.8, 4) is 5.75 Å². The van der Waals surface area contributed by atoms with Gasteiger partial charge in [0.25, 0.3) is 0 Å². The molecule has 29 heavy (non-hydrogen) atoms. The fourth-order valence-electron chi connectivity index (χ4n) is 4.75. The van der Waals surface area contributed by atoms with Gasteiger partial charge in [0.05, 0.1) is 13.2 Å². The smallest absolute Gasteiger partial charge is 0.223 e. The van der Waals surface area contributed by atoms with Crippen LogP contribution in [0.15, 0.2) is 41.8 Å². The molecule has 1 N–H and O–H groups in total. The molecule has 154 valence electrons. The number of hydrogen-bond donors (Lipinski definition) is 1. The normalized spacial score (nSPS) is 24.0. The van der Waals surface area contributed by atoms with Crippen molar-refractivity contribution < 1.29 is 14.3 Å². The number of ether oxygens (including phenoxy) is 1. The maximum atomic E-state index is 13.2. The number of nitrogens with zero attached hydrogens (tertiary/aromatic N) is 1. The topological polar surface area (TPSA) is 58.6 Å². The van der Waals surface area contributed by atoms with E-state index in [1.54, 1.807) is 18.4 Å². The first kappa shape index (κ1) is 20.0. The Morgan fingerprint density at radius 1 is 1.31 bits per heavy atom. The van der Waals surface area contributed by atoms with Crippen LogP contribution in [0.4, 0.5) is 0 Å². The third-order valence-electron chi connectivity index (χ3n) is 6.22. The first-order valence-corrected chi connectivity index (χ1v) is 11.2. The van der Waals surface area contributed by atoms with Crippen molar-refractivity contribution >= 4 is 23.2 Å². The van der Waals surface area contributed by atoms with Crippen molar-refractivity contribution in [2.45, 2.75) is 56.5 Å². The van der Waals surface area contributed by atoms with Gasteiger partial charge in [-0.3, -0.25) is 9.59 Å². The molecule has 2 unspecified atom stereocenters. The van der Waals surface area contributed by atoms with Gasteiger partial charge >= 0.3 is 0 Å². The fraction of sp³-hybridized carbons (Fsp3) is 0.478. The zero-order valence-electron chi connectivity index (χ0n) is 16.9. The maximum Gasteiger partial charge on any atom is 0.223 e. The maximum absolute atomic E-state index is 13.2. The van der Waals surface area contributed by atoms with Gasteiger partial charge in [0.15, 0.2) is 0 Å². The molecule has 0 spiro atoms. The molecule has 0 aliphatic carbocycles. The number of amides is 2. The van der Waals surface area contributed by atoms with Crippen LogP contribution in [-0.2, 0) is 16.0 Å². The van der Waals surface area contributed by atoms with Gasteiger partial charge in [-0.25, -0.2) is 0 Å². The molecule has 2 aliphatic heterocycles. The average molecular weight is 413 g/mol. The standard InChI is InChI=1S/C23H28N2O3S/c1-28-20-9-3-2-7-18(20)19-8-4-14-25(19)22(27)11-13-23(12-10-21(26)24-23)16-17-6-5-15-29-17/h2-3,5-7,9,15,19H,4,8,10-14,16H2,1H3,(H,24,26). The molecule has 1 aromatic heterocycles. The number of benzene rings is 1. The molecule has 4 rings (SSSR count). The van der Waals surface area contributed by atoms with Crippen molar-refractivity contribution in [1.29, 1.82) is 0 Å². The highest BCUT2D eigenvalue weighted by Gasteiger charge is 2.39. The Hall–Kier alpha value is -2.34. The largest absolute Gasteiger partial charge is 0.496 e. The number of hydrogen-bond acceptors (Lipinski definition) is 4. The Labute approximate surface area is 176 Å².